The van der Waals surface area contributed by atoms with E-state index in [2.05, 4.69) is 16.0 Å². The first-order valence-corrected chi connectivity index (χ1v) is 7.67. The molecule has 0 aromatic heterocycles. The second-order valence-corrected chi connectivity index (χ2v) is 5.78. The topological polar surface area (TPSA) is 70.2 Å². The number of benzene rings is 1. The van der Waals surface area contributed by atoms with Crippen molar-refractivity contribution in [3.05, 3.63) is 18.2 Å². The number of rotatable bonds is 5. The Balaban J connectivity index is 1.98. The van der Waals surface area contributed by atoms with Crippen LogP contribution < -0.4 is 16.0 Å². The van der Waals surface area contributed by atoms with Gasteiger partial charge in [0.15, 0.2) is 0 Å². The molecule has 5 nitrogen and oxygen atoms in total. The predicted octanol–water partition coefficient (Wildman–Crippen LogP) is 2.06. The highest BCUT2D eigenvalue weighted by Crippen LogP contribution is 2.33. The lowest BCUT2D eigenvalue weighted by Gasteiger charge is -2.17. The number of fused-ring (bicyclic) bond motifs is 1. The van der Waals surface area contributed by atoms with Crippen LogP contribution in [-0.2, 0) is 9.59 Å². The van der Waals surface area contributed by atoms with E-state index < -0.39 is 0 Å². The maximum atomic E-state index is 11.9. The maximum Gasteiger partial charge on any atom is 0.234 e. The molecule has 20 heavy (non-hydrogen) atoms. The van der Waals surface area contributed by atoms with Crippen LogP contribution >= 0.6 is 11.8 Å². The molecule has 0 saturated carbocycles. The summed E-state index contributed by atoms with van der Waals surface area (Å²) in [6.45, 7) is 4.83. The van der Waals surface area contributed by atoms with E-state index in [4.69, 9.17) is 0 Å². The number of carbonyl (C=O) groups is 2. The van der Waals surface area contributed by atoms with Gasteiger partial charge in [0, 0.05) is 23.0 Å². The van der Waals surface area contributed by atoms with Crippen molar-refractivity contribution in [2.45, 2.75) is 31.2 Å². The molecule has 0 bridgehead atoms. The van der Waals surface area contributed by atoms with Gasteiger partial charge in [-0.1, -0.05) is 6.92 Å². The molecular formula is C14H19N3O2S. The second-order valence-electron chi connectivity index (χ2n) is 4.76. The molecular weight excluding hydrogens is 274 g/mol. The Labute approximate surface area is 122 Å². The van der Waals surface area contributed by atoms with Crippen molar-refractivity contribution in [1.82, 2.24) is 5.32 Å². The van der Waals surface area contributed by atoms with Crippen molar-refractivity contribution in [3.63, 3.8) is 0 Å². The van der Waals surface area contributed by atoms with Gasteiger partial charge in [-0.15, -0.1) is 11.8 Å². The van der Waals surface area contributed by atoms with E-state index in [-0.39, 0.29) is 17.9 Å². The summed E-state index contributed by atoms with van der Waals surface area (Å²) in [7, 11) is 0. The average molecular weight is 293 g/mol. The maximum absolute atomic E-state index is 11.9. The van der Waals surface area contributed by atoms with Gasteiger partial charge in [0.1, 0.15) is 0 Å². The molecule has 1 aromatic carbocycles. The summed E-state index contributed by atoms with van der Waals surface area (Å²) in [5, 5.41) is 8.86. The summed E-state index contributed by atoms with van der Waals surface area (Å²) in [6, 6.07) is 5.73. The first-order valence-electron chi connectivity index (χ1n) is 6.68. The summed E-state index contributed by atoms with van der Waals surface area (Å²) in [5.74, 6) is 0.402. The molecule has 3 N–H and O–H groups in total. The SMILES string of the molecule is CCNC(C)CC(=O)Nc1ccc2c(c1)NC(=O)CS2. The monoisotopic (exact) mass is 293 g/mol. The van der Waals surface area contributed by atoms with E-state index in [1.807, 2.05) is 26.0 Å². The summed E-state index contributed by atoms with van der Waals surface area (Å²) in [6.07, 6.45) is 0.423. The number of amides is 2. The highest BCUT2D eigenvalue weighted by atomic mass is 32.2. The average Bonchev–Trinajstić information content (AvgIpc) is 2.38. The van der Waals surface area contributed by atoms with Crippen LogP contribution in [0, 0.1) is 0 Å². The molecule has 1 aliphatic rings. The molecule has 2 rings (SSSR count). The molecule has 1 atom stereocenters. The van der Waals surface area contributed by atoms with Crippen molar-refractivity contribution in [1.29, 1.82) is 0 Å². The van der Waals surface area contributed by atoms with Crippen LogP contribution in [0.15, 0.2) is 23.1 Å². The Morgan fingerprint density at radius 1 is 1.50 bits per heavy atom. The number of thioether (sulfide) groups is 1. The fraction of sp³-hybridized carbons (Fsp3) is 0.429. The molecule has 1 aromatic rings. The number of hydrogen-bond donors (Lipinski definition) is 3. The van der Waals surface area contributed by atoms with Crippen LogP contribution in [0.25, 0.3) is 0 Å². The van der Waals surface area contributed by atoms with E-state index in [0.717, 1.165) is 17.1 Å². The van der Waals surface area contributed by atoms with Crippen molar-refractivity contribution in [3.8, 4) is 0 Å². The highest BCUT2D eigenvalue weighted by Gasteiger charge is 2.16. The Hall–Kier alpha value is -1.53. The molecule has 1 unspecified atom stereocenters. The number of nitrogens with one attached hydrogen (secondary N) is 3. The van der Waals surface area contributed by atoms with E-state index >= 15 is 0 Å². The Morgan fingerprint density at radius 3 is 3.05 bits per heavy atom. The summed E-state index contributed by atoms with van der Waals surface area (Å²) in [5.41, 5.74) is 1.48. The van der Waals surface area contributed by atoms with Crippen molar-refractivity contribution in [2.24, 2.45) is 0 Å². The van der Waals surface area contributed by atoms with Crippen LogP contribution in [0.2, 0.25) is 0 Å². The zero-order valence-corrected chi connectivity index (χ0v) is 12.5. The van der Waals surface area contributed by atoms with Gasteiger partial charge >= 0.3 is 0 Å². The minimum absolute atomic E-state index is 0.00764. The smallest absolute Gasteiger partial charge is 0.234 e. The standard InChI is InChI=1S/C14H19N3O2S/c1-3-15-9(2)6-13(18)16-10-4-5-12-11(7-10)17-14(19)8-20-12/h4-5,7,9,15H,3,6,8H2,1-2H3,(H,16,18)(H,17,19). The lowest BCUT2D eigenvalue weighted by molar-refractivity contribution is -0.116. The van der Waals surface area contributed by atoms with Crippen molar-refractivity contribution >= 4 is 35.0 Å². The third-order valence-corrected chi connectivity index (χ3v) is 4.01. The van der Waals surface area contributed by atoms with Gasteiger partial charge in [0.25, 0.3) is 0 Å². The molecule has 0 spiro atoms. The van der Waals surface area contributed by atoms with Crippen LogP contribution in [0.1, 0.15) is 20.3 Å². The van der Waals surface area contributed by atoms with E-state index in [1.54, 1.807) is 6.07 Å². The summed E-state index contributed by atoms with van der Waals surface area (Å²) < 4.78 is 0. The lowest BCUT2D eigenvalue weighted by atomic mass is 10.2. The van der Waals surface area contributed by atoms with Gasteiger partial charge in [-0.3, -0.25) is 9.59 Å². The molecule has 6 heteroatoms. The molecule has 1 aliphatic heterocycles. The highest BCUT2D eigenvalue weighted by molar-refractivity contribution is 8.00. The fourth-order valence-electron chi connectivity index (χ4n) is 2.07. The number of carbonyl (C=O) groups excluding carboxylic acids is 2. The zero-order valence-electron chi connectivity index (χ0n) is 11.7. The van der Waals surface area contributed by atoms with Crippen LogP contribution in [-0.4, -0.2) is 30.2 Å². The molecule has 0 fully saturated rings. The van der Waals surface area contributed by atoms with Crippen molar-refractivity contribution in [2.75, 3.05) is 22.9 Å². The molecule has 0 radical (unpaired) electrons. The summed E-state index contributed by atoms with van der Waals surface area (Å²) in [4.78, 5) is 24.3. The number of anilines is 2. The van der Waals surface area contributed by atoms with Gasteiger partial charge < -0.3 is 16.0 Å². The Bertz CT molecular complexity index is 519. The van der Waals surface area contributed by atoms with Gasteiger partial charge in [0.2, 0.25) is 11.8 Å². The second kappa shape index (κ2) is 6.76. The fourth-order valence-corrected chi connectivity index (χ4v) is 2.86. The minimum Gasteiger partial charge on any atom is -0.326 e. The molecule has 0 saturated heterocycles. The van der Waals surface area contributed by atoms with Gasteiger partial charge in [-0.25, -0.2) is 0 Å². The Morgan fingerprint density at radius 2 is 2.30 bits per heavy atom. The van der Waals surface area contributed by atoms with Gasteiger partial charge in [0.05, 0.1) is 11.4 Å². The third-order valence-electron chi connectivity index (χ3n) is 2.94. The third kappa shape index (κ3) is 3.98. The molecule has 1 heterocycles. The Kier molecular flexibility index (Phi) is 5.03. The minimum atomic E-state index is -0.0341. The zero-order chi connectivity index (χ0) is 14.5. The first kappa shape index (κ1) is 14.9. The van der Waals surface area contributed by atoms with E-state index in [0.29, 0.717) is 17.9 Å². The van der Waals surface area contributed by atoms with Crippen LogP contribution in [0.4, 0.5) is 11.4 Å². The van der Waals surface area contributed by atoms with Crippen LogP contribution in [0.3, 0.4) is 0 Å². The molecule has 2 amide bonds. The number of hydrogen-bond acceptors (Lipinski definition) is 4. The van der Waals surface area contributed by atoms with E-state index in [1.165, 1.54) is 11.8 Å². The van der Waals surface area contributed by atoms with Gasteiger partial charge in [-0.05, 0) is 31.7 Å². The van der Waals surface area contributed by atoms with Crippen LogP contribution in [0.5, 0.6) is 0 Å². The normalized spacial score (nSPS) is 15.2. The largest absolute Gasteiger partial charge is 0.326 e. The first-order chi connectivity index (χ1) is 9.58. The quantitative estimate of drug-likeness (QED) is 0.777. The van der Waals surface area contributed by atoms with E-state index in [9.17, 15) is 9.59 Å². The molecule has 108 valence electrons. The lowest BCUT2D eigenvalue weighted by Crippen LogP contribution is -2.30. The summed E-state index contributed by atoms with van der Waals surface area (Å²) >= 11 is 1.51. The van der Waals surface area contributed by atoms with Crippen molar-refractivity contribution < 1.29 is 9.59 Å². The van der Waals surface area contributed by atoms with Gasteiger partial charge in [-0.2, -0.15) is 0 Å². The predicted molar refractivity (Wildman–Crippen MR) is 82.2 cm³/mol. The molecule has 0 aliphatic carbocycles.